The van der Waals surface area contributed by atoms with Gasteiger partial charge in [-0.15, -0.1) is 0 Å². The standard InChI is InChI=1S/C17H19N3O3/c1-11(2)15(12-6-4-3-5-7-12)17(22)19-14-9-8-13(10-18-14)16(21)20-23/h3-11,15,23H,1-2H3,(H,20,21)(H,18,19,22). The predicted molar refractivity (Wildman–Crippen MR) is 86.1 cm³/mol. The number of aromatic nitrogens is 1. The van der Waals surface area contributed by atoms with Crippen LogP contribution in [0.1, 0.15) is 35.7 Å². The Balaban J connectivity index is 2.14. The van der Waals surface area contributed by atoms with Gasteiger partial charge in [0.15, 0.2) is 0 Å². The van der Waals surface area contributed by atoms with E-state index in [0.717, 1.165) is 5.56 Å². The molecule has 6 heteroatoms. The number of hydrogen-bond acceptors (Lipinski definition) is 4. The molecule has 0 fully saturated rings. The third kappa shape index (κ3) is 4.14. The fourth-order valence-corrected chi connectivity index (χ4v) is 2.37. The number of hydroxylamine groups is 1. The van der Waals surface area contributed by atoms with Crippen LogP contribution in [0.5, 0.6) is 0 Å². The van der Waals surface area contributed by atoms with Gasteiger partial charge < -0.3 is 5.32 Å². The first kappa shape index (κ1) is 16.6. The molecule has 1 atom stereocenters. The zero-order valence-electron chi connectivity index (χ0n) is 13.0. The van der Waals surface area contributed by atoms with Gasteiger partial charge in [-0.2, -0.15) is 0 Å². The number of rotatable bonds is 5. The Morgan fingerprint density at radius 2 is 1.78 bits per heavy atom. The first-order chi connectivity index (χ1) is 11.0. The van der Waals surface area contributed by atoms with Crippen molar-refractivity contribution in [2.75, 3.05) is 5.32 Å². The lowest BCUT2D eigenvalue weighted by atomic mass is 9.87. The molecule has 0 spiro atoms. The van der Waals surface area contributed by atoms with Gasteiger partial charge >= 0.3 is 0 Å². The lowest BCUT2D eigenvalue weighted by Crippen LogP contribution is -2.25. The fraction of sp³-hybridized carbons (Fsp3) is 0.235. The summed E-state index contributed by atoms with van der Waals surface area (Å²) in [5, 5.41) is 11.3. The molecule has 1 unspecified atom stereocenters. The topological polar surface area (TPSA) is 91.3 Å². The quantitative estimate of drug-likeness (QED) is 0.584. The predicted octanol–water partition coefficient (Wildman–Crippen LogP) is 2.58. The molecule has 0 aliphatic heterocycles. The van der Waals surface area contributed by atoms with E-state index in [1.807, 2.05) is 44.2 Å². The van der Waals surface area contributed by atoms with Crippen molar-refractivity contribution in [1.82, 2.24) is 10.5 Å². The average molecular weight is 313 g/mol. The van der Waals surface area contributed by atoms with Crippen molar-refractivity contribution in [2.24, 2.45) is 5.92 Å². The largest absolute Gasteiger partial charge is 0.310 e. The van der Waals surface area contributed by atoms with Crippen molar-refractivity contribution in [3.8, 4) is 0 Å². The second kappa shape index (κ2) is 7.51. The zero-order valence-corrected chi connectivity index (χ0v) is 13.0. The van der Waals surface area contributed by atoms with E-state index in [9.17, 15) is 9.59 Å². The molecule has 1 aromatic carbocycles. The Bertz CT molecular complexity index is 669. The van der Waals surface area contributed by atoms with Crippen molar-refractivity contribution < 1.29 is 14.8 Å². The Hall–Kier alpha value is -2.73. The maximum absolute atomic E-state index is 12.6. The number of hydrogen-bond donors (Lipinski definition) is 3. The Morgan fingerprint density at radius 3 is 2.30 bits per heavy atom. The Kier molecular flexibility index (Phi) is 5.43. The van der Waals surface area contributed by atoms with E-state index < -0.39 is 5.91 Å². The number of carbonyl (C=O) groups is 2. The lowest BCUT2D eigenvalue weighted by Gasteiger charge is -2.20. The summed E-state index contributed by atoms with van der Waals surface area (Å²) < 4.78 is 0. The van der Waals surface area contributed by atoms with Crippen molar-refractivity contribution in [3.63, 3.8) is 0 Å². The molecule has 120 valence electrons. The average Bonchev–Trinajstić information content (AvgIpc) is 2.55. The molecule has 0 bridgehead atoms. The van der Waals surface area contributed by atoms with Crippen LogP contribution in [0, 0.1) is 5.92 Å². The Morgan fingerprint density at radius 1 is 1.09 bits per heavy atom. The van der Waals surface area contributed by atoms with Crippen molar-refractivity contribution >= 4 is 17.6 Å². The minimum atomic E-state index is -0.653. The lowest BCUT2D eigenvalue weighted by molar-refractivity contribution is -0.118. The number of benzene rings is 1. The fourth-order valence-electron chi connectivity index (χ4n) is 2.37. The van der Waals surface area contributed by atoms with E-state index >= 15 is 0 Å². The molecule has 3 N–H and O–H groups in total. The maximum Gasteiger partial charge on any atom is 0.276 e. The molecule has 0 aliphatic rings. The summed E-state index contributed by atoms with van der Waals surface area (Å²) in [5.74, 6) is -0.626. The number of nitrogens with zero attached hydrogens (tertiary/aromatic N) is 1. The van der Waals surface area contributed by atoms with Crippen LogP contribution in [-0.4, -0.2) is 22.0 Å². The van der Waals surface area contributed by atoms with Gasteiger partial charge in [-0.05, 0) is 23.6 Å². The SMILES string of the molecule is CC(C)C(C(=O)Nc1ccc(C(=O)NO)cn1)c1ccccc1. The van der Waals surface area contributed by atoms with Gasteiger partial charge in [-0.1, -0.05) is 44.2 Å². The number of anilines is 1. The molecule has 2 rings (SSSR count). The molecule has 2 amide bonds. The third-order valence-electron chi connectivity index (χ3n) is 3.49. The van der Waals surface area contributed by atoms with E-state index in [1.54, 1.807) is 0 Å². The van der Waals surface area contributed by atoms with E-state index in [1.165, 1.54) is 23.8 Å². The molecular weight excluding hydrogens is 294 g/mol. The highest BCUT2D eigenvalue weighted by Crippen LogP contribution is 2.25. The van der Waals surface area contributed by atoms with Crippen LogP contribution in [0.25, 0.3) is 0 Å². The summed E-state index contributed by atoms with van der Waals surface area (Å²) >= 11 is 0. The summed E-state index contributed by atoms with van der Waals surface area (Å²) in [6, 6.07) is 12.5. The maximum atomic E-state index is 12.6. The summed E-state index contributed by atoms with van der Waals surface area (Å²) in [6.45, 7) is 3.97. The molecule has 0 aliphatic carbocycles. The van der Waals surface area contributed by atoms with Crippen LogP contribution in [0.15, 0.2) is 48.7 Å². The molecule has 0 saturated heterocycles. The zero-order chi connectivity index (χ0) is 16.8. The molecule has 6 nitrogen and oxygen atoms in total. The minimum Gasteiger partial charge on any atom is -0.310 e. The van der Waals surface area contributed by atoms with Gasteiger partial charge in [0, 0.05) is 6.20 Å². The first-order valence-corrected chi connectivity index (χ1v) is 7.29. The van der Waals surface area contributed by atoms with Crippen LogP contribution in [0.3, 0.4) is 0 Å². The van der Waals surface area contributed by atoms with Crippen molar-refractivity contribution in [2.45, 2.75) is 19.8 Å². The summed E-state index contributed by atoms with van der Waals surface area (Å²) in [7, 11) is 0. The van der Waals surface area contributed by atoms with Crippen LogP contribution in [0.2, 0.25) is 0 Å². The summed E-state index contributed by atoms with van der Waals surface area (Å²) in [5.41, 5.74) is 2.67. The second-order valence-corrected chi connectivity index (χ2v) is 5.49. The number of carbonyl (C=O) groups excluding carboxylic acids is 2. The smallest absolute Gasteiger partial charge is 0.276 e. The van der Waals surface area contributed by atoms with Crippen LogP contribution in [0.4, 0.5) is 5.82 Å². The highest BCUT2D eigenvalue weighted by molar-refractivity contribution is 5.96. The van der Waals surface area contributed by atoms with Gasteiger partial charge in [-0.25, -0.2) is 10.5 Å². The van der Waals surface area contributed by atoms with E-state index in [0.29, 0.717) is 5.82 Å². The summed E-state index contributed by atoms with van der Waals surface area (Å²) in [4.78, 5) is 27.8. The van der Waals surface area contributed by atoms with Gasteiger partial charge in [-0.3, -0.25) is 14.8 Å². The highest BCUT2D eigenvalue weighted by atomic mass is 16.5. The van der Waals surface area contributed by atoms with Crippen LogP contribution >= 0.6 is 0 Å². The van der Waals surface area contributed by atoms with Crippen LogP contribution in [-0.2, 0) is 4.79 Å². The second-order valence-electron chi connectivity index (χ2n) is 5.49. The monoisotopic (exact) mass is 313 g/mol. The summed E-state index contributed by atoms with van der Waals surface area (Å²) in [6.07, 6.45) is 1.29. The Labute approximate surface area is 134 Å². The van der Waals surface area contributed by atoms with Crippen molar-refractivity contribution in [1.29, 1.82) is 0 Å². The molecular formula is C17H19N3O3. The molecule has 1 heterocycles. The number of pyridine rings is 1. The van der Waals surface area contributed by atoms with Crippen molar-refractivity contribution in [3.05, 3.63) is 59.8 Å². The minimum absolute atomic E-state index is 0.122. The highest BCUT2D eigenvalue weighted by Gasteiger charge is 2.24. The molecule has 0 saturated carbocycles. The van der Waals surface area contributed by atoms with E-state index in [4.69, 9.17) is 5.21 Å². The van der Waals surface area contributed by atoms with Gasteiger partial charge in [0.2, 0.25) is 5.91 Å². The first-order valence-electron chi connectivity index (χ1n) is 7.29. The molecule has 23 heavy (non-hydrogen) atoms. The van der Waals surface area contributed by atoms with E-state index in [2.05, 4.69) is 10.3 Å². The molecule has 0 radical (unpaired) electrons. The van der Waals surface area contributed by atoms with Gasteiger partial charge in [0.25, 0.3) is 5.91 Å². The third-order valence-corrected chi connectivity index (χ3v) is 3.49. The number of amides is 2. The van der Waals surface area contributed by atoms with Gasteiger partial charge in [0.1, 0.15) is 5.82 Å². The molecule has 2 aromatic rings. The normalized spacial score (nSPS) is 11.8. The van der Waals surface area contributed by atoms with Gasteiger partial charge in [0.05, 0.1) is 11.5 Å². The number of nitrogens with one attached hydrogen (secondary N) is 2. The van der Waals surface area contributed by atoms with Crippen LogP contribution < -0.4 is 10.8 Å². The van der Waals surface area contributed by atoms with E-state index in [-0.39, 0.29) is 23.3 Å². The molecule has 1 aromatic heterocycles.